The molecule has 2 atom stereocenters. The Hall–Kier alpha value is -1.89. The minimum Gasteiger partial charge on any atom is -0.493 e. The third-order valence-electron chi connectivity index (χ3n) is 5.25. The monoisotopic (exact) mass is 362 g/mol. The van der Waals surface area contributed by atoms with Gasteiger partial charge in [-0.05, 0) is 25.3 Å². The molecule has 6 nitrogen and oxygen atoms in total. The largest absolute Gasteiger partial charge is 0.493 e. The van der Waals surface area contributed by atoms with Crippen LogP contribution in [0.25, 0.3) is 0 Å². The number of carbonyl (C=O) groups excluding carboxylic acids is 2. The van der Waals surface area contributed by atoms with Gasteiger partial charge in [-0.2, -0.15) is 0 Å². The number of nitrogens with zero attached hydrogens (tertiary/aromatic N) is 2. The third-order valence-corrected chi connectivity index (χ3v) is 6.55. The smallest absolute Gasteiger partial charge is 0.260 e. The van der Waals surface area contributed by atoms with E-state index in [2.05, 4.69) is 0 Å². The average Bonchev–Trinajstić information content (AvgIpc) is 3.21. The van der Waals surface area contributed by atoms with Crippen molar-refractivity contribution in [2.24, 2.45) is 0 Å². The van der Waals surface area contributed by atoms with E-state index in [0.717, 1.165) is 31.5 Å². The summed E-state index contributed by atoms with van der Waals surface area (Å²) in [6, 6.07) is 3.36. The fraction of sp³-hybridized carbons (Fsp3) is 0.556. The summed E-state index contributed by atoms with van der Waals surface area (Å²) >= 11 is 1.65. The molecule has 2 amide bonds. The molecular weight excluding hydrogens is 340 g/mol. The van der Waals surface area contributed by atoms with Gasteiger partial charge in [0.1, 0.15) is 11.4 Å². The highest BCUT2D eigenvalue weighted by atomic mass is 32.2. The first kappa shape index (κ1) is 16.6. The van der Waals surface area contributed by atoms with Crippen molar-refractivity contribution in [3.05, 3.63) is 23.3 Å². The number of piperidine rings is 1. The van der Waals surface area contributed by atoms with Crippen molar-refractivity contribution in [2.75, 3.05) is 33.1 Å². The van der Waals surface area contributed by atoms with Crippen molar-refractivity contribution >= 4 is 23.6 Å². The van der Waals surface area contributed by atoms with Crippen LogP contribution in [-0.4, -0.2) is 60.7 Å². The molecule has 1 aromatic carbocycles. The van der Waals surface area contributed by atoms with Crippen LogP contribution in [0.5, 0.6) is 11.5 Å². The number of methoxy groups -OCH3 is 2. The number of thioether (sulfide) groups is 1. The van der Waals surface area contributed by atoms with Crippen molar-refractivity contribution in [1.82, 2.24) is 9.80 Å². The predicted octanol–water partition coefficient (Wildman–Crippen LogP) is 2.29. The minimum absolute atomic E-state index is 0.0850. The van der Waals surface area contributed by atoms with Gasteiger partial charge in [0.15, 0.2) is 11.5 Å². The van der Waals surface area contributed by atoms with Crippen molar-refractivity contribution in [3.8, 4) is 11.5 Å². The van der Waals surface area contributed by atoms with Gasteiger partial charge >= 0.3 is 0 Å². The molecule has 0 aliphatic carbocycles. The van der Waals surface area contributed by atoms with Crippen molar-refractivity contribution in [3.63, 3.8) is 0 Å². The molecule has 0 radical (unpaired) electrons. The first-order chi connectivity index (χ1) is 12.2. The quantitative estimate of drug-likeness (QED) is 0.826. The van der Waals surface area contributed by atoms with Crippen LogP contribution in [0, 0.1) is 0 Å². The van der Waals surface area contributed by atoms with Crippen LogP contribution in [0.15, 0.2) is 12.1 Å². The summed E-state index contributed by atoms with van der Waals surface area (Å²) < 4.78 is 10.8. The van der Waals surface area contributed by atoms with E-state index in [9.17, 15) is 9.59 Å². The van der Waals surface area contributed by atoms with Crippen LogP contribution >= 0.6 is 11.8 Å². The molecule has 0 aromatic heterocycles. The Bertz CT molecular complexity index is 717. The van der Waals surface area contributed by atoms with Crippen LogP contribution < -0.4 is 9.47 Å². The molecule has 0 unspecified atom stereocenters. The summed E-state index contributed by atoms with van der Waals surface area (Å²) in [5.41, 5.74) is 1.46. The lowest BCUT2D eigenvalue weighted by Gasteiger charge is -2.32. The number of fused-ring (bicyclic) bond motifs is 3. The molecule has 0 N–H and O–H groups in total. The standard InChI is InChI=1S/C18H22N2O4S/c1-23-13-7-6-11-14(15(13)24-2)17(22)20-12(10-25-18(11)20)16(21)19-8-4-3-5-9-19/h6-7,12,18H,3-5,8-10H2,1-2H3/t12-,18-/m0/s1. The van der Waals surface area contributed by atoms with Crippen molar-refractivity contribution in [2.45, 2.75) is 30.7 Å². The maximum absolute atomic E-state index is 13.1. The van der Waals surface area contributed by atoms with E-state index in [1.54, 1.807) is 30.9 Å². The highest BCUT2D eigenvalue weighted by Gasteiger charge is 2.51. The Morgan fingerprint density at radius 2 is 1.92 bits per heavy atom. The Morgan fingerprint density at radius 1 is 1.16 bits per heavy atom. The Kier molecular flexibility index (Phi) is 4.27. The zero-order valence-corrected chi connectivity index (χ0v) is 15.3. The van der Waals surface area contributed by atoms with Gasteiger partial charge in [-0.3, -0.25) is 9.59 Å². The Morgan fingerprint density at radius 3 is 2.60 bits per heavy atom. The first-order valence-corrected chi connectivity index (χ1v) is 9.70. The van der Waals surface area contributed by atoms with Gasteiger partial charge in [0.25, 0.3) is 5.91 Å². The van der Waals surface area contributed by atoms with Crippen LogP contribution in [0.3, 0.4) is 0 Å². The van der Waals surface area contributed by atoms with Gasteiger partial charge in [-0.1, -0.05) is 6.07 Å². The maximum atomic E-state index is 13.1. The molecule has 4 rings (SSSR count). The van der Waals surface area contributed by atoms with Crippen LogP contribution in [0.1, 0.15) is 40.6 Å². The lowest BCUT2D eigenvalue weighted by molar-refractivity contribution is -0.136. The van der Waals surface area contributed by atoms with E-state index in [1.165, 1.54) is 6.42 Å². The fourth-order valence-electron chi connectivity index (χ4n) is 4.01. The van der Waals surface area contributed by atoms with E-state index in [4.69, 9.17) is 9.47 Å². The predicted molar refractivity (Wildman–Crippen MR) is 95.1 cm³/mol. The zero-order chi connectivity index (χ0) is 17.6. The number of hydrogen-bond donors (Lipinski definition) is 0. The fourth-order valence-corrected chi connectivity index (χ4v) is 5.45. The molecule has 2 fully saturated rings. The minimum atomic E-state index is -0.385. The number of hydrogen-bond acceptors (Lipinski definition) is 5. The van der Waals surface area contributed by atoms with Gasteiger partial charge in [0.05, 0.1) is 19.8 Å². The van der Waals surface area contributed by atoms with E-state index in [0.29, 0.717) is 22.8 Å². The summed E-state index contributed by atoms with van der Waals surface area (Å²) in [5, 5.41) is -0.110. The summed E-state index contributed by atoms with van der Waals surface area (Å²) in [7, 11) is 3.10. The highest BCUT2D eigenvalue weighted by Crippen LogP contribution is 2.52. The maximum Gasteiger partial charge on any atom is 0.260 e. The van der Waals surface area contributed by atoms with E-state index >= 15 is 0 Å². The van der Waals surface area contributed by atoms with E-state index < -0.39 is 0 Å². The summed E-state index contributed by atoms with van der Waals surface area (Å²) in [4.78, 5) is 29.8. The molecule has 0 bridgehead atoms. The molecule has 1 aromatic rings. The highest BCUT2D eigenvalue weighted by molar-refractivity contribution is 7.99. The molecule has 7 heteroatoms. The van der Waals surface area contributed by atoms with Crippen LogP contribution in [0.4, 0.5) is 0 Å². The third kappa shape index (κ3) is 2.47. The first-order valence-electron chi connectivity index (χ1n) is 8.65. The molecule has 25 heavy (non-hydrogen) atoms. The summed E-state index contributed by atoms with van der Waals surface area (Å²) in [6.45, 7) is 1.60. The molecular formula is C18H22N2O4S. The van der Waals surface area contributed by atoms with Gasteiger partial charge in [0.2, 0.25) is 5.91 Å². The zero-order valence-electron chi connectivity index (χ0n) is 14.5. The van der Waals surface area contributed by atoms with Crippen molar-refractivity contribution in [1.29, 1.82) is 0 Å². The lowest BCUT2D eigenvalue weighted by Crippen LogP contribution is -2.49. The molecule has 3 aliphatic rings. The number of likely N-dealkylation sites (tertiary alicyclic amines) is 1. The van der Waals surface area contributed by atoms with Crippen molar-refractivity contribution < 1.29 is 19.1 Å². The SMILES string of the molecule is COc1ccc2c(c1OC)C(=O)N1[C@H](C(=O)N3CCCCC3)CS[C@@H]21. The van der Waals surface area contributed by atoms with E-state index in [1.807, 2.05) is 17.0 Å². The molecule has 3 heterocycles. The lowest BCUT2D eigenvalue weighted by atomic mass is 10.1. The Labute approximate surface area is 151 Å². The second-order valence-electron chi connectivity index (χ2n) is 6.57. The number of ether oxygens (including phenoxy) is 2. The van der Waals surface area contributed by atoms with Gasteiger partial charge in [-0.15, -0.1) is 11.8 Å². The number of carbonyl (C=O) groups is 2. The second kappa shape index (κ2) is 6.44. The molecule has 3 aliphatic heterocycles. The second-order valence-corrected chi connectivity index (χ2v) is 7.68. The Balaban J connectivity index is 1.66. The normalized spacial score (nSPS) is 25.0. The van der Waals surface area contributed by atoms with Crippen LogP contribution in [-0.2, 0) is 4.79 Å². The summed E-state index contributed by atoms with van der Waals surface area (Å²) in [5.74, 6) is 1.61. The van der Waals surface area contributed by atoms with Gasteiger partial charge in [-0.25, -0.2) is 0 Å². The summed E-state index contributed by atoms with van der Waals surface area (Å²) in [6.07, 6.45) is 3.28. The molecule has 2 saturated heterocycles. The van der Waals surface area contributed by atoms with Crippen LogP contribution in [0.2, 0.25) is 0 Å². The van der Waals surface area contributed by atoms with Gasteiger partial charge < -0.3 is 19.3 Å². The topological polar surface area (TPSA) is 59.1 Å². The molecule has 0 spiro atoms. The number of rotatable bonds is 3. The molecule has 134 valence electrons. The number of benzene rings is 1. The van der Waals surface area contributed by atoms with Gasteiger partial charge in [0, 0.05) is 24.4 Å². The van der Waals surface area contributed by atoms with E-state index in [-0.39, 0.29) is 23.2 Å². The average molecular weight is 362 g/mol. The molecule has 0 saturated carbocycles. The number of amides is 2.